The van der Waals surface area contributed by atoms with Gasteiger partial charge in [0.25, 0.3) is 0 Å². The Balaban J connectivity index is 2.44. The second-order valence-electron chi connectivity index (χ2n) is 4.16. The molecule has 3 nitrogen and oxygen atoms in total. The molecule has 5 heteroatoms. The van der Waals surface area contributed by atoms with Crippen LogP contribution in [0.25, 0.3) is 0 Å². The fourth-order valence-electron chi connectivity index (χ4n) is 1.93. The smallest absolute Gasteiger partial charge is 0.142 e. The molecule has 18 heavy (non-hydrogen) atoms. The van der Waals surface area contributed by atoms with Crippen LogP contribution < -0.4 is 5.73 Å². The molecule has 0 amide bonds. The SMILES string of the molecule is CCc1cc(C(N)c2cccc(Br)c2F)n(C)n1. The van der Waals surface area contributed by atoms with Gasteiger partial charge in [-0.2, -0.15) is 5.10 Å². The highest BCUT2D eigenvalue weighted by atomic mass is 79.9. The normalized spacial score (nSPS) is 12.7. The number of halogens is 2. The van der Waals surface area contributed by atoms with Gasteiger partial charge < -0.3 is 5.73 Å². The fourth-order valence-corrected chi connectivity index (χ4v) is 2.31. The van der Waals surface area contributed by atoms with Crippen molar-refractivity contribution in [1.82, 2.24) is 9.78 Å². The molecule has 0 aliphatic carbocycles. The van der Waals surface area contributed by atoms with Crippen LogP contribution in [-0.4, -0.2) is 9.78 Å². The Hall–Kier alpha value is -1.20. The highest BCUT2D eigenvalue weighted by Crippen LogP contribution is 2.26. The molecule has 0 radical (unpaired) electrons. The molecule has 0 bridgehead atoms. The molecule has 1 atom stereocenters. The molecule has 0 fully saturated rings. The van der Waals surface area contributed by atoms with Gasteiger partial charge in [0, 0.05) is 12.6 Å². The van der Waals surface area contributed by atoms with E-state index in [4.69, 9.17) is 5.73 Å². The van der Waals surface area contributed by atoms with E-state index in [9.17, 15) is 4.39 Å². The van der Waals surface area contributed by atoms with E-state index in [-0.39, 0.29) is 5.82 Å². The van der Waals surface area contributed by atoms with Gasteiger partial charge in [0.1, 0.15) is 5.82 Å². The minimum absolute atomic E-state index is 0.316. The van der Waals surface area contributed by atoms with Crippen molar-refractivity contribution >= 4 is 15.9 Å². The second-order valence-corrected chi connectivity index (χ2v) is 5.01. The summed E-state index contributed by atoms with van der Waals surface area (Å²) >= 11 is 3.17. The molecular weight excluding hydrogens is 297 g/mol. The zero-order valence-corrected chi connectivity index (χ0v) is 11.9. The number of benzene rings is 1. The molecule has 0 aliphatic rings. The number of aromatic nitrogens is 2. The molecule has 2 aromatic rings. The highest BCUT2D eigenvalue weighted by molar-refractivity contribution is 9.10. The number of hydrogen-bond donors (Lipinski definition) is 1. The number of nitrogens with zero attached hydrogens (tertiary/aromatic N) is 2. The van der Waals surface area contributed by atoms with Crippen molar-refractivity contribution in [3.63, 3.8) is 0 Å². The lowest BCUT2D eigenvalue weighted by atomic mass is 10.0. The summed E-state index contributed by atoms with van der Waals surface area (Å²) in [5.74, 6) is -0.316. The van der Waals surface area contributed by atoms with Gasteiger partial charge in [0.05, 0.1) is 21.9 Å². The average Bonchev–Trinajstić information content (AvgIpc) is 2.73. The molecule has 0 saturated carbocycles. The Labute approximate surface area is 114 Å². The molecule has 0 saturated heterocycles. The van der Waals surface area contributed by atoms with Crippen molar-refractivity contribution < 1.29 is 4.39 Å². The van der Waals surface area contributed by atoms with Crippen molar-refractivity contribution in [2.24, 2.45) is 12.8 Å². The van der Waals surface area contributed by atoms with Crippen LogP contribution in [0, 0.1) is 5.82 Å². The molecule has 0 spiro atoms. The summed E-state index contributed by atoms with van der Waals surface area (Å²) in [6.45, 7) is 2.03. The first kappa shape index (κ1) is 13.2. The van der Waals surface area contributed by atoms with Crippen LogP contribution in [0.15, 0.2) is 28.7 Å². The molecule has 1 heterocycles. The standard InChI is InChI=1S/C13H15BrFN3/c1-3-8-7-11(18(2)17-8)13(16)9-5-4-6-10(14)12(9)15/h4-7,13H,3,16H2,1-2H3. The lowest BCUT2D eigenvalue weighted by Gasteiger charge is -2.13. The summed E-state index contributed by atoms with van der Waals surface area (Å²) in [5.41, 5.74) is 8.37. The lowest BCUT2D eigenvalue weighted by Crippen LogP contribution is -2.17. The monoisotopic (exact) mass is 311 g/mol. The predicted octanol–water partition coefficient (Wildman–Crippen LogP) is 2.93. The van der Waals surface area contributed by atoms with E-state index in [1.54, 1.807) is 22.9 Å². The van der Waals surface area contributed by atoms with Crippen molar-refractivity contribution in [2.75, 3.05) is 0 Å². The second kappa shape index (κ2) is 5.20. The molecular formula is C13H15BrFN3. The largest absolute Gasteiger partial charge is 0.319 e. The zero-order chi connectivity index (χ0) is 13.3. The topological polar surface area (TPSA) is 43.8 Å². The number of aryl methyl sites for hydroxylation is 2. The van der Waals surface area contributed by atoms with Gasteiger partial charge in [-0.05, 0) is 34.5 Å². The minimum atomic E-state index is -0.514. The lowest BCUT2D eigenvalue weighted by molar-refractivity contribution is 0.580. The highest BCUT2D eigenvalue weighted by Gasteiger charge is 2.19. The van der Waals surface area contributed by atoms with Crippen molar-refractivity contribution in [1.29, 1.82) is 0 Å². The molecule has 0 aliphatic heterocycles. The molecule has 2 N–H and O–H groups in total. The Bertz CT molecular complexity index is 565. The third-order valence-corrected chi connectivity index (χ3v) is 3.58. The Morgan fingerprint density at radius 1 is 1.50 bits per heavy atom. The van der Waals surface area contributed by atoms with Crippen molar-refractivity contribution in [2.45, 2.75) is 19.4 Å². The van der Waals surface area contributed by atoms with E-state index in [0.717, 1.165) is 17.8 Å². The first-order valence-electron chi connectivity index (χ1n) is 5.77. The van der Waals surface area contributed by atoms with E-state index in [2.05, 4.69) is 21.0 Å². The number of hydrogen-bond acceptors (Lipinski definition) is 2. The quantitative estimate of drug-likeness (QED) is 0.947. The third kappa shape index (κ3) is 2.33. The minimum Gasteiger partial charge on any atom is -0.319 e. The van der Waals surface area contributed by atoms with Gasteiger partial charge >= 0.3 is 0 Å². The number of rotatable bonds is 3. The fraction of sp³-hybridized carbons (Fsp3) is 0.308. The first-order valence-corrected chi connectivity index (χ1v) is 6.56. The number of nitrogens with two attached hydrogens (primary N) is 1. The van der Waals surface area contributed by atoms with Crippen molar-refractivity contribution in [3.8, 4) is 0 Å². The Morgan fingerprint density at radius 3 is 2.83 bits per heavy atom. The molecule has 1 aromatic carbocycles. The van der Waals surface area contributed by atoms with Gasteiger partial charge in [0.15, 0.2) is 0 Å². The average molecular weight is 312 g/mol. The van der Waals surface area contributed by atoms with Crippen molar-refractivity contribution in [3.05, 3.63) is 51.5 Å². The van der Waals surface area contributed by atoms with Crippen LogP contribution in [0.4, 0.5) is 4.39 Å². The summed E-state index contributed by atoms with van der Waals surface area (Å²) in [5, 5.41) is 4.33. The van der Waals surface area contributed by atoms with Gasteiger partial charge in [-0.3, -0.25) is 4.68 Å². The van der Waals surface area contributed by atoms with Crippen LogP contribution in [0.2, 0.25) is 0 Å². The summed E-state index contributed by atoms with van der Waals surface area (Å²) in [6, 6.07) is 6.54. The van der Waals surface area contributed by atoms with E-state index >= 15 is 0 Å². The third-order valence-electron chi connectivity index (χ3n) is 2.96. The summed E-state index contributed by atoms with van der Waals surface area (Å²) in [6.07, 6.45) is 0.835. The van der Waals surface area contributed by atoms with Crippen LogP contribution >= 0.6 is 15.9 Å². The van der Waals surface area contributed by atoms with Gasteiger partial charge in [-0.15, -0.1) is 0 Å². The van der Waals surface area contributed by atoms with Gasteiger partial charge in [0.2, 0.25) is 0 Å². The van der Waals surface area contributed by atoms with Crippen LogP contribution in [0.3, 0.4) is 0 Å². The predicted molar refractivity (Wildman–Crippen MR) is 72.7 cm³/mol. The first-order chi connectivity index (χ1) is 8.54. The Morgan fingerprint density at radius 2 is 2.22 bits per heavy atom. The van der Waals surface area contributed by atoms with E-state index in [0.29, 0.717) is 10.0 Å². The van der Waals surface area contributed by atoms with E-state index in [1.165, 1.54) is 0 Å². The van der Waals surface area contributed by atoms with E-state index < -0.39 is 6.04 Å². The molecule has 2 rings (SSSR count). The maximum Gasteiger partial charge on any atom is 0.142 e. The van der Waals surface area contributed by atoms with Crippen LogP contribution in [-0.2, 0) is 13.5 Å². The Kier molecular flexibility index (Phi) is 3.82. The molecule has 1 aromatic heterocycles. The summed E-state index contributed by atoms with van der Waals surface area (Å²) in [7, 11) is 1.82. The van der Waals surface area contributed by atoms with Gasteiger partial charge in [-0.25, -0.2) is 4.39 Å². The zero-order valence-electron chi connectivity index (χ0n) is 10.3. The summed E-state index contributed by atoms with van der Waals surface area (Å²) < 4.78 is 16.1. The molecule has 1 unspecified atom stereocenters. The van der Waals surface area contributed by atoms with Crippen LogP contribution in [0.1, 0.15) is 29.9 Å². The van der Waals surface area contributed by atoms with E-state index in [1.807, 2.05) is 20.0 Å². The maximum absolute atomic E-state index is 14.0. The van der Waals surface area contributed by atoms with Gasteiger partial charge in [-0.1, -0.05) is 19.1 Å². The molecule has 96 valence electrons. The maximum atomic E-state index is 14.0. The summed E-state index contributed by atoms with van der Waals surface area (Å²) in [4.78, 5) is 0. The van der Waals surface area contributed by atoms with Crippen LogP contribution in [0.5, 0.6) is 0 Å².